The molecule has 1 aliphatic heterocycles. The number of carbonyl (C=O) groups is 2. The van der Waals surface area contributed by atoms with E-state index in [1.807, 2.05) is 25.1 Å². The minimum Gasteiger partial charge on any atom is -0.507 e. The Balaban J connectivity index is 1.68. The highest BCUT2D eigenvalue weighted by molar-refractivity contribution is 6.51. The van der Waals surface area contributed by atoms with Crippen molar-refractivity contribution in [2.24, 2.45) is 0 Å². The first kappa shape index (κ1) is 20.6. The largest absolute Gasteiger partial charge is 0.507 e. The van der Waals surface area contributed by atoms with Gasteiger partial charge in [0.05, 0.1) is 11.8 Å². The molecule has 0 radical (unpaired) electrons. The number of aryl methyl sites for hydroxylation is 3. The van der Waals surface area contributed by atoms with Crippen molar-refractivity contribution in [1.29, 1.82) is 0 Å². The number of hydrogen-bond acceptors (Lipinski definition) is 4. The van der Waals surface area contributed by atoms with Gasteiger partial charge in [-0.1, -0.05) is 23.7 Å². The first-order valence-electron chi connectivity index (χ1n) is 10.7. The molecule has 1 aliphatic carbocycles. The van der Waals surface area contributed by atoms with Gasteiger partial charge in [-0.2, -0.15) is 0 Å². The van der Waals surface area contributed by atoms with Crippen LogP contribution in [0.5, 0.6) is 0 Å². The topological polar surface area (TPSA) is 70.8 Å². The van der Waals surface area contributed by atoms with E-state index in [1.165, 1.54) is 22.3 Å². The Hall–Kier alpha value is -3.31. The predicted octanol–water partition coefficient (Wildman–Crippen LogP) is 5.75. The molecular weight excluding hydrogens is 426 g/mol. The third kappa shape index (κ3) is 3.33. The van der Waals surface area contributed by atoms with E-state index >= 15 is 0 Å². The van der Waals surface area contributed by atoms with E-state index in [-0.39, 0.29) is 11.3 Å². The number of nitrogens with zero attached hydrogens (tertiary/aromatic N) is 1. The first-order chi connectivity index (χ1) is 15.5. The molecule has 1 amide bonds. The molecule has 1 N–H and O–H groups in total. The zero-order chi connectivity index (χ0) is 22.4. The van der Waals surface area contributed by atoms with Crippen molar-refractivity contribution in [3.8, 4) is 0 Å². The lowest BCUT2D eigenvalue weighted by Crippen LogP contribution is -2.29. The maximum absolute atomic E-state index is 13.2. The maximum Gasteiger partial charge on any atom is 0.300 e. The molecule has 3 aromatic rings. The molecule has 0 saturated carbocycles. The summed E-state index contributed by atoms with van der Waals surface area (Å²) in [5.74, 6) is -1.24. The Morgan fingerprint density at radius 3 is 2.56 bits per heavy atom. The molecule has 1 aromatic heterocycles. The van der Waals surface area contributed by atoms with Gasteiger partial charge in [0.25, 0.3) is 11.7 Å². The SMILES string of the molecule is Cc1cc(Cl)ccc1N1C(=O)C(=O)/C(=C(\O)c2ccc3c(c2)CCCC3)C1c1ccco1. The molecule has 5 nitrogen and oxygen atoms in total. The molecule has 5 rings (SSSR count). The third-order valence-corrected chi connectivity index (χ3v) is 6.53. The number of anilines is 1. The summed E-state index contributed by atoms with van der Waals surface area (Å²) < 4.78 is 5.62. The van der Waals surface area contributed by atoms with Crippen molar-refractivity contribution in [3.63, 3.8) is 0 Å². The van der Waals surface area contributed by atoms with Gasteiger partial charge in [0, 0.05) is 16.3 Å². The minimum absolute atomic E-state index is 0.0232. The number of halogens is 1. The van der Waals surface area contributed by atoms with Gasteiger partial charge in [0.15, 0.2) is 0 Å². The van der Waals surface area contributed by atoms with Crippen LogP contribution in [0, 0.1) is 6.92 Å². The standard InChI is InChI=1S/C26H22ClNO4/c1-15-13-19(27)10-11-20(15)28-23(21-7-4-12-32-21)22(25(30)26(28)31)24(29)18-9-8-16-5-2-3-6-17(16)14-18/h4,7-14,23,29H,2-3,5-6H2,1H3/b24-22-. The summed E-state index contributed by atoms with van der Waals surface area (Å²) in [5.41, 5.74) is 4.29. The van der Waals surface area contributed by atoms with E-state index in [0.717, 1.165) is 31.2 Å². The summed E-state index contributed by atoms with van der Waals surface area (Å²) in [5, 5.41) is 11.8. The number of aliphatic hydroxyl groups is 1. The number of ketones is 1. The quantitative estimate of drug-likeness (QED) is 0.315. The van der Waals surface area contributed by atoms with Crippen molar-refractivity contribution in [2.45, 2.75) is 38.6 Å². The molecule has 1 atom stereocenters. The number of Topliss-reactive ketones (excluding diaryl/α,β-unsaturated/α-hetero) is 1. The lowest BCUT2D eigenvalue weighted by molar-refractivity contribution is -0.132. The monoisotopic (exact) mass is 447 g/mol. The summed E-state index contributed by atoms with van der Waals surface area (Å²) >= 11 is 6.10. The van der Waals surface area contributed by atoms with Crippen LogP contribution in [-0.2, 0) is 22.4 Å². The Morgan fingerprint density at radius 2 is 1.84 bits per heavy atom. The van der Waals surface area contributed by atoms with E-state index in [1.54, 1.807) is 30.3 Å². The fourth-order valence-corrected chi connectivity index (χ4v) is 4.95. The normalized spacial score (nSPS) is 19.9. The number of rotatable bonds is 3. The fraction of sp³-hybridized carbons (Fsp3) is 0.231. The van der Waals surface area contributed by atoms with E-state index in [4.69, 9.17) is 16.0 Å². The third-order valence-electron chi connectivity index (χ3n) is 6.30. The van der Waals surface area contributed by atoms with E-state index in [2.05, 4.69) is 0 Å². The maximum atomic E-state index is 13.2. The van der Waals surface area contributed by atoms with E-state index < -0.39 is 17.7 Å². The van der Waals surface area contributed by atoms with Crippen LogP contribution in [-0.4, -0.2) is 16.8 Å². The number of hydrogen-bond donors (Lipinski definition) is 1. The summed E-state index contributed by atoms with van der Waals surface area (Å²) in [6, 6.07) is 13.4. The average molecular weight is 448 g/mol. The smallest absolute Gasteiger partial charge is 0.300 e. The second kappa shape index (κ2) is 7.99. The molecule has 2 aliphatic rings. The minimum atomic E-state index is -0.874. The molecule has 1 fully saturated rings. The summed E-state index contributed by atoms with van der Waals surface area (Å²) in [6.07, 6.45) is 5.70. The number of furan rings is 1. The van der Waals surface area contributed by atoms with Gasteiger partial charge in [0.2, 0.25) is 0 Å². The number of aliphatic hydroxyl groups excluding tert-OH is 1. The van der Waals surface area contributed by atoms with Gasteiger partial charge in [-0.25, -0.2) is 0 Å². The van der Waals surface area contributed by atoms with Crippen molar-refractivity contribution in [1.82, 2.24) is 0 Å². The number of carbonyl (C=O) groups excluding carboxylic acids is 2. The van der Waals surface area contributed by atoms with Gasteiger partial charge in [-0.3, -0.25) is 14.5 Å². The van der Waals surface area contributed by atoms with E-state index in [9.17, 15) is 14.7 Å². The van der Waals surface area contributed by atoms with Gasteiger partial charge in [-0.15, -0.1) is 0 Å². The van der Waals surface area contributed by atoms with Crippen molar-refractivity contribution in [3.05, 3.63) is 93.4 Å². The number of benzene rings is 2. The molecule has 6 heteroatoms. The van der Waals surface area contributed by atoms with Crippen LogP contribution in [0.25, 0.3) is 5.76 Å². The van der Waals surface area contributed by atoms with Crippen LogP contribution in [0.3, 0.4) is 0 Å². The molecular formula is C26H22ClNO4. The molecule has 2 heterocycles. The summed E-state index contributed by atoms with van der Waals surface area (Å²) in [6.45, 7) is 1.82. The van der Waals surface area contributed by atoms with Crippen LogP contribution in [0.1, 0.15) is 46.9 Å². The first-order valence-corrected chi connectivity index (χ1v) is 11.1. The number of amides is 1. The summed E-state index contributed by atoms with van der Waals surface area (Å²) in [7, 11) is 0. The van der Waals surface area contributed by atoms with Crippen LogP contribution < -0.4 is 4.90 Å². The second-order valence-electron chi connectivity index (χ2n) is 8.31. The van der Waals surface area contributed by atoms with Crippen molar-refractivity contribution in [2.75, 3.05) is 4.90 Å². The van der Waals surface area contributed by atoms with E-state index in [0.29, 0.717) is 22.0 Å². The van der Waals surface area contributed by atoms with Crippen LogP contribution in [0.4, 0.5) is 5.69 Å². The summed E-state index contributed by atoms with van der Waals surface area (Å²) in [4.78, 5) is 27.8. The Morgan fingerprint density at radius 1 is 1.06 bits per heavy atom. The molecule has 0 spiro atoms. The zero-order valence-electron chi connectivity index (χ0n) is 17.6. The molecule has 1 saturated heterocycles. The van der Waals surface area contributed by atoms with Crippen molar-refractivity contribution < 1.29 is 19.1 Å². The van der Waals surface area contributed by atoms with Crippen molar-refractivity contribution >= 4 is 34.7 Å². The predicted molar refractivity (Wildman–Crippen MR) is 123 cm³/mol. The van der Waals surface area contributed by atoms with Gasteiger partial charge < -0.3 is 9.52 Å². The lowest BCUT2D eigenvalue weighted by Gasteiger charge is -2.25. The average Bonchev–Trinajstić information content (AvgIpc) is 3.40. The highest BCUT2D eigenvalue weighted by Crippen LogP contribution is 2.43. The lowest BCUT2D eigenvalue weighted by atomic mass is 9.89. The fourth-order valence-electron chi connectivity index (χ4n) is 4.72. The second-order valence-corrected chi connectivity index (χ2v) is 8.74. The van der Waals surface area contributed by atoms with Crippen LogP contribution in [0.2, 0.25) is 5.02 Å². The Bertz CT molecular complexity index is 1260. The molecule has 162 valence electrons. The van der Waals surface area contributed by atoms with Gasteiger partial charge in [0.1, 0.15) is 17.6 Å². The molecule has 32 heavy (non-hydrogen) atoms. The Kier molecular flexibility index (Phi) is 5.14. The highest BCUT2D eigenvalue weighted by atomic mass is 35.5. The molecule has 2 aromatic carbocycles. The van der Waals surface area contributed by atoms with Crippen LogP contribution in [0.15, 0.2) is 64.8 Å². The van der Waals surface area contributed by atoms with Crippen LogP contribution >= 0.6 is 11.6 Å². The highest BCUT2D eigenvalue weighted by Gasteiger charge is 2.48. The van der Waals surface area contributed by atoms with Gasteiger partial charge in [-0.05, 0) is 85.7 Å². The number of fused-ring (bicyclic) bond motifs is 1. The molecule has 1 unspecified atom stereocenters. The van der Waals surface area contributed by atoms with Gasteiger partial charge >= 0.3 is 0 Å². The molecule has 0 bridgehead atoms. The zero-order valence-corrected chi connectivity index (χ0v) is 18.4. The Labute approximate surface area is 190 Å².